The van der Waals surface area contributed by atoms with Gasteiger partial charge in [0.15, 0.2) is 23.0 Å². The van der Waals surface area contributed by atoms with E-state index in [1.165, 1.54) is 24.3 Å². The fraction of sp³-hybridized carbons (Fsp3) is 0. The van der Waals surface area contributed by atoms with E-state index in [0.717, 1.165) is 48.5 Å². The average Bonchev–Trinajstić information content (AvgIpc) is 4.11. The Hall–Kier alpha value is -9.72. The summed E-state index contributed by atoms with van der Waals surface area (Å²) in [7, 11) is 0. The van der Waals surface area contributed by atoms with Crippen molar-refractivity contribution in [3.05, 3.63) is 207 Å². The summed E-state index contributed by atoms with van der Waals surface area (Å²) in [6, 6.07) is 14.7. The number of phenols is 4. The smallest absolute Gasteiger partial charge is 0.311 e. The number of allylic oxidation sites excluding steroid dienone is 12. The average molecular weight is 857 g/mol. The molecule has 0 amide bonds. The number of hydrogen-bond donors (Lipinski definition) is 4. The van der Waals surface area contributed by atoms with Gasteiger partial charge in [-0.05, 0) is 95.1 Å². The molecule has 20 nitrogen and oxygen atoms in total. The second kappa shape index (κ2) is 15.1. The van der Waals surface area contributed by atoms with E-state index in [4.69, 9.17) is 20.0 Å². The Morgan fingerprint density at radius 3 is 0.719 bits per heavy atom. The predicted molar refractivity (Wildman–Crippen MR) is 233 cm³/mol. The Kier molecular flexibility index (Phi) is 9.36. The Morgan fingerprint density at radius 1 is 0.328 bits per heavy atom. The number of nitro benzene ring substituents is 4. The Labute approximate surface area is 357 Å². The molecule has 5 aliphatic heterocycles. The molecule has 0 saturated heterocycles. The molecule has 0 unspecified atom stereocenters. The number of fused-ring (bicyclic) bond motifs is 4. The van der Waals surface area contributed by atoms with Crippen LogP contribution in [0.2, 0.25) is 0 Å². The first-order chi connectivity index (χ1) is 30.7. The van der Waals surface area contributed by atoms with E-state index in [9.17, 15) is 60.9 Å². The summed E-state index contributed by atoms with van der Waals surface area (Å²) >= 11 is 0. The van der Waals surface area contributed by atoms with E-state index in [-0.39, 0.29) is 90.2 Å². The highest BCUT2D eigenvalue weighted by molar-refractivity contribution is 6.39. The van der Waals surface area contributed by atoms with Gasteiger partial charge in [-0.15, -0.1) is 0 Å². The quantitative estimate of drug-likeness (QED) is 0.0964. The van der Waals surface area contributed by atoms with Crippen LogP contribution >= 0.6 is 0 Å². The van der Waals surface area contributed by atoms with Gasteiger partial charge in [0.05, 0.1) is 65.3 Å². The Balaban J connectivity index is 1.40. The Morgan fingerprint density at radius 2 is 0.531 bits per heavy atom. The molecule has 20 heteroatoms. The summed E-state index contributed by atoms with van der Waals surface area (Å²) in [5, 5.41) is 89.8. The lowest BCUT2D eigenvalue weighted by atomic mass is 9.97. The largest absolute Gasteiger partial charge is 0.502 e. The van der Waals surface area contributed by atoms with Gasteiger partial charge < -0.3 is 20.4 Å². The van der Waals surface area contributed by atoms with E-state index in [2.05, 4.69) is 0 Å². The van der Waals surface area contributed by atoms with Crippen molar-refractivity contribution in [2.45, 2.75) is 0 Å². The molecule has 8 bridgehead atoms. The van der Waals surface area contributed by atoms with E-state index in [1.807, 2.05) is 0 Å². The minimum atomic E-state index is -0.769. The van der Waals surface area contributed by atoms with Crippen molar-refractivity contribution in [2.75, 3.05) is 0 Å². The molecule has 312 valence electrons. The van der Waals surface area contributed by atoms with E-state index < -0.39 is 65.4 Å². The minimum absolute atomic E-state index is 0.184. The van der Waals surface area contributed by atoms with Crippen LogP contribution < -0.4 is 0 Å². The zero-order chi connectivity index (χ0) is 45.1. The molecule has 5 heterocycles. The lowest BCUT2D eigenvalue weighted by Crippen LogP contribution is -2.04. The highest BCUT2D eigenvalue weighted by atomic mass is 16.6. The van der Waals surface area contributed by atoms with E-state index in [1.54, 1.807) is 48.6 Å². The molecule has 0 aliphatic carbocycles. The number of phenolic OH excluding ortho intramolecular Hbond substituents is 4. The fourth-order valence-corrected chi connectivity index (χ4v) is 7.57. The number of hydrogen-bond acceptors (Lipinski definition) is 16. The third kappa shape index (κ3) is 6.79. The highest BCUT2D eigenvalue weighted by Gasteiger charge is 2.31. The number of rotatable bonds is 8. The molecule has 5 aliphatic rings. The lowest BCUT2D eigenvalue weighted by molar-refractivity contribution is -0.386. The zero-order valence-corrected chi connectivity index (χ0v) is 32.2. The van der Waals surface area contributed by atoms with Gasteiger partial charge in [-0.2, -0.15) is 0 Å². The first-order valence-corrected chi connectivity index (χ1v) is 18.6. The third-order valence-corrected chi connectivity index (χ3v) is 10.5. The van der Waals surface area contributed by atoms with Crippen molar-refractivity contribution in [3.63, 3.8) is 0 Å². The number of nitro groups is 4. The molecule has 4 aromatic rings. The topological polar surface area (TPSA) is 303 Å². The molecular weight excluding hydrogens is 833 g/mol. The first-order valence-electron chi connectivity index (χ1n) is 18.6. The van der Waals surface area contributed by atoms with Gasteiger partial charge in [0.1, 0.15) is 0 Å². The highest BCUT2D eigenvalue weighted by Crippen LogP contribution is 2.42. The maximum atomic E-state index is 12.0. The van der Waals surface area contributed by atoms with E-state index in [0.29, 0.717) is 0 Å². The Bertz CT molecular complexity index is 2880. The fourth-order valence-electron chi connectivity index (χ4n) is 7.57. The number of nitrogens with zero attached hydrogens (tertiary/aromatic N) is 8. The van der Waals surface area contributed by atoms with Crippen LogP contribution in [-0.2, 0) is 0 Å². The van der Waals surface area contributed by atoms with E-state index >= 15 is 0 Å². The van der Waals surface area contributed by atoms with Crippen molar-refractivity contribution in [1.82, 2.24) is 0 Å². The van der Waals surface area contributed by atoms with Crippen molar-refractivity contribution >= 4 is 67.9 Å². The predicted octanol–water partition coefficient (Wildman–Crippen LogP) is 8.14. The first kappa shape index (κ1) is 39.7. The molecule has 0 atom stereocenters. The van der Waals surface area contributed by atoms with Crippen LogP contribution in [0.3, 0.4) is 0 Å². The maximum absolute atomic E-state index is 12.0. The molecule has 0 aromatic heterocycles. The van der Waals surface area contributed by atoms with Gasteiger partial charge in [0, 0.05) is 46.6 Å². The molecule has 4 aromatic carbocycles. The standard InChI is InChI=1S/C44H24N8O12/c53-37-13-1-21(17-33(37)49(57)58)41-25-5-7-27(45-25)42(22-2-14-38(54)34(18-22)50(59)60)29-9-11-31(47-29)44(24-4-16-40(56)36(20-24)52(63)64)32-12-10-30(48-32)43(28-8-6-26(41)46-28)23-3-15-39(55)35(19-23)51(61)62/h1-20,53-56H. The molecule has 0 fully saturated rings. The van der Waals surface area contributed by atoms with Crippen molar-refractivity contribution in [1.29, 1.82) is 0 Å². The van der Waals surface area contributed by atoms with Gasteiger partial charge in [-0.3, -0.25) is 40.5 Å². The second-order valence-corrected chi connectivity index (χ2v) is 14.2. The number of aromatic hydroxyl groups is 4. The summed E-state index contributed by atoms with van der Waals surface area (Å²) in [5.41, 5.74) is 0.585. The second-order valence-electron chi connectivity index (χ2n) is 14.2. The summed E-state index contributed by atoms with van der Waals surface area (Å²) in [6.45, 7) is 0. The summed E-state index contributed by atoms with van der Waals surface area (Å²) in [5.74, 6) is -2.45. The summed E-state index contributed by atoms with van der Waals surface area (Å²) in [4.78, 5) is 64.8. The number of benzene rings is 4. The van der Waals surface area contributed by atoms with Crippen LogP contribution in [0.15, 0.2) is 164 Å². The molecule has 4 N–H and O–H groups in total. The molecule has 0 saturated carbocycles. The zero-order valence-electron chi connectivity index (χ0n) is 32.2. The van der Waals surface area contributed by atoms with Crippen LogP contribution in [0, 0.1) is 40.5 Å². The van der Waals surface area contributed by atoms with Gasteiger partial charge in [0.25, 0.3) is 0 Å². The van der Waals surface area contributed by atoms with Crippen molar-refractivity contribution < 1.29 is 40.1 Å². The van der Waals surface area contributed by atoms with Crippen LogP contribution in [0.5, 0.6) is 23.0 Å². The molecular formula is C44H24N8O12. The SMILES string of the molecule is O=[N+]([O-])c1cc(C2=C3C=CC(=N3)C(c3ccc(O)c([N+](=O)[O-])c3)=C3C=CC(=N3)C(c3ccc(O)c([N+](=O)[O-])c3)=C3C=CC(=N3)C(c3ccc(O)c([N+](=O)[O-])c3)=C3C=CC2=N3)ccc1O. The van der Waals surface area contributed by atoms with Gasteiger partial charge in [0.2, 0.25) is 0 Å². The van der Waals surface area contributed by atoms with Gasteiger partial charge >= 0.3 is 22.7 Å². The summed E-state index contributed by atoms with van der Waals surface area (Å²) < 4.78 is 0. The molecule has 64 heavy (non-hydrogen) atoms. The molecule has 0 spiro atoms. The lowest BCUT2D eigenvalue weighted by Gasteiger charge is -2.13. The van der Waals surface area contributed by atoms with Crippen LogP contribution in [0.1, 0.15) is 22.3 Å². The molecule has 0 radical (unpaired) electrons. The number of aliphatic imine (C=N–C) groups is 4. The maximum Gasteiger partial charge on any atom is 0.311 e. The van der Waals surface area contributed by atoms with Crippen molar-refractivity contribution in [3.8, 4) is 23.0 Å². The van der Waals surface area contributed by atoms with Crippen molar-refractivity contribution in [2.24, 2.45) is 20.0 Å². The molecule has 9 rings (SSSR count). The normalized spacial score (nSPS) is 16.1. The third-order valence-electron chi connectivity index (χ3n) is 10.5. The monoisotopic (exact) mass is 856 g/mol. The van der Waals surface area contributed by atoms with Gasteiger partial charge in [-0.1, -0.05) is 24.3 Å². The van der Waals surface area contributed by atoms with Crippen LogP contribution in [0.25, 0.3) is 22.3 Å². The minimum Gasteiger partial charge on any atom is -0.502 e. The van der Waals surface area contributed by atoms with Crippen LogP contribution in [-0.4, -0.2) is 63.0 Å². The van der Waals surface area contributed by atoms with Crippen LogP contribution in [0.4, 0.5) is 22.7 Å². The van der Waals surface area contributed by atoms with Gasteiger partial charge in [-0.25, -0.2) is 20.0 Å². The summed E-state index contributed by atoms with van der Waals surface area (Å²) in [6.07, 6.45) is 12.6.